The summed E-state index contributed by atoms with van der Waals surface area (Å²) >= 11 is 0. The van der Waals surface area contributed by atoms with Gasteiger partial charge in [0.25, 0.3) is 0 Å². The maximum absolute atomic E-state index is 11.9. The first-order valence-electron chi connectivity index (χ1n) is 6.09. The van der Waals surface area contributed by atoms with Crippen LogP contribution in [-0.2, 0) is 14.6 Å². The van der Waals surface area contributed by atoms with Gasteiger partial charge in [-0.15, -0.1) is 0 Å². The Labute approximate surface area is 103 Å². The lowest BCUT2D eigenvalue weighted by molar-refractivity contribution is -0.126. The lowest BCUT2D eigenvalue weighted by Crippen LogP contribution is -2.55. The molecule has 1 atom stereocenters. The van der Waals surface area contributed by atoms with Gasteiger partial charge in [-0.2, -0.15) is 0 Å². The van der Waals surface area contributed by atoms with E-state index in [9.17, 15) is 13.2 Å². The minimum atomic E-state index is -3.06. The molecule has 1 aliphatic rings. The summed E-state index contributed by atoms with van der Waals surface area (Å²) in [5, 5.41) is 2.71. The third-order valence-corrected chi connectivity index (χ3v) is 5.16. The summed E-state index contributed by atoms with van der Waals surface area (Å²) in [6, 6.07) is -0.381. The molecule has 0 saturated heterocycles. The van der Waals surface area contributed by atoms with Crippen LogP contribution < -0.4 is 11.1 Å². The monoisotopic (exact) mass is 262 g/mol. The molecule has 1 amide bonds. The van der Waals surface area contributed by atoms with Gasteiger partial charge < -0.3 is 11.1 Å². The van der Waals surface area contributed by atoms with Gasteiger partial charge in [0.1, 0.15) is 0 Å². The van der Waals surface area contributed by atoms with Crippen molar-refractivity contribution >= 4 is 15.7 Å². The number of nitrogens with one attached hydrogen (secondary N) is 1. The molecule has 100 valence electrons. The van der Waals surface area contributed by atoms with E-state index in [0.29, 0.717) is 12.8 Å². The predicted octanol–water partition coefficient (Wildman–Crippen LogP) is 0.197. The van der Waals surface area contributed by atoms with Gasteiger partial charge in [0.2, 0.25) is 5.91 Å². The fourth-order valence-corrected chi connectivity index (χ4v) is 3.22. The van der Waals surface area contributed by atoms with E-state index < -0.39 is 15.4 Å². The molecule has 0 aromatic rings. The molecule has 1 saturated carbocycles. The number of amides is 1. The first-order valence-corrected chi connectivity index (χ1v) is 7.91. The lowest BCUT2D eigenvalue weighted by atomic mass is 9.98. The Hall–Kier alpha value is -0.620. The maximum Gasteiger partial charge on any atom is 0.240 e. The van der Waals surface area contributed by atoms with Crippen molar-refractivity contribution in [3.63, 3.8) is 0 Å². The van der Waals surface area contributed by atoms with Gasteiger partial charge in [0.15, 0.2) is 9.84 Å². The van der Waals surface area contributed by atoms with Crippen molar-refractivity contribution in [2.45, 2.75) is 51.1 Å². The van der Waals surface area contributed by atoms with E-state index in [2.05, 4.69) is 5.32 Å². The van der Waals surface area contributed by atoms with E-state index in [1.165, 1.54) is 0 Å². The highest BCUT2D eigenvalue weighted by Crippen LogP contribution is 2.27. The predicted molar refractivity (Wildman–Crippen MR) is 67.3 cm³/mol. The second-order valence-electron chi connectivity index (χ2n) is 4.94. The van der Waals surface area contributed by atoms with Crippen molar-refractivity contribution in [2.24, 2.45) is 5.73 Å². The van der Waals surface area contributed by atoms with E-state index in [1.807, 2.05) is 0 Å². The Morgan fingerprint density at radius 2 is 1.94 bits per heavy atom. The molecule has 0 aromatic carbocycles. The summed E-state index contributed by atoms with van der Waals surface area (Å²) in [5.41, 5.74) is 5.20. The number of rotatable bonds is 5. The maximum atomic E-state index is 11.9. The fraction of sp³-hybridized carbons (Fsp3) is 0.909. The van der Waals surface area contributed by atoms with Crippen LogP contribution in [-0.4, -0.2) is 37.4 Å². The number of carbonyl (C=O) groups is 1. The van der Waals surface area contributed by atoms with Crippen LogP contribution in [0.15, 0.2) is 0 Å². The molecule has 3 N–H and O–H groups in total. The SMILES string of the molecule is CCS(=O)(=O)CC(C)NC(=O)C1(N)CCCC1. The van der Waals surface area contributed by atoms with Crippen molar-refractivity contribution in [1.29, 1.82) is 0 Å². The minimum absolute atomic E-state index is 0.0225. The summed E-state index contributed by atoms with van der Waals surface area (Å²) in [4.78, 5) is 11.9. The molecule has 0 aromatic heterocycles. The van der Waals surface area contributed by atoms with Gasteiger partial charge >= 0.3 is 0 Å². The molecule has 1 rings (SSSR count). The Kier molecular flexibility index (Phi) is 4.55. The smallest absolute Gasteiger partial charge is 0.240 e. The van der Waals surface area contributed by atoms with Gasteiger partial charge in [-0.05, 0) is 19.8 Å². The lowest BCUT2D eigenvalue weighted by Gasteiger charge is -2.25. The van der Waals surface area contributed by atoms with Crippen molar-refractivity contribution in [1.82, 2.24) is 5.32 Å². The first kappa shape index (κ1) is 14.4. The van der Waals surface area contributed by atoms with Crippen LogP contribution in [0.1, 0.15) is 39.5 Å². The van der Waals surface area contributed by atoms with Gasteiger partial charge in [0.05, 0.1) is 11.3 Å². The highest BCUT2D eigenvalue weighted by molar-refractivity contribution is 7.91. The molecule has 0 radical (unpaired) electrons. The molecule has 6 heteroatoms. The zero-order valence-corrected chi connectivity index (χ0v) is 11.3. The third kappa shape index (κ3) is 3.96. The van der Waals surface area contributed by atoms with E-state index >= 15 is 0 Å². The van der Waals surface area contributed by atoms with E-state index in [4.69, 9.17) is 5.73 Å². The van der Waals surface area contributed by atoms with Crippen LogP contribution in [0.4, 0.5) is 0 Å². The molecule has 0 aliphatic heterocycles. The normalized spacial score (nSPS) is 21.1. The topological polar surface area (TPSA) is 89.3 Å². The second-order valence-corrected chi connectivity index (χ2v) is 7.33. The largest absolute Gasteiger partial charge is 0.351 e. The molecule has 0 bridgehead atoms. The molecule has 0 spiro atoms. The Morgan fingerprint density at radius 3 is 2.41 bits per heavy atom. The number of carbonyl (C=O) groups excluding carboxylic acids is 1. The molecular formula is C11H22N2O3S. The van der Waals surface area contributed by atoms with E-state index in [-0.39, 0.29) is 23.5 Å². The van der Waals surface area contributed by atoms with Crippen molar-refractivity contribution < 1.29 is 13.2 Å². The highest BCUT2D eigenvalue weighted by Gasteiger charge is 2.37. The van der Waals surface area contributed by atoms with Crippen molar-refractivity contribution in [3.05, 3.63) is 0 Å². The summed E-state index contributed by atoms with van der Waals surface area (Å²) < 4.78 is 22.8. The average Bonchev–Trinajstić information content (AvgIpc) is 2.65. The first-order chi connectivity index (χ1) is 7.79. The number of hydrogen-bond acceptors (Lipinski definition) is 4. The van der Waals surface area contributed by atoms with Crippen molar-refractivity contribution in [3.8, 4) is 0 Å². The Balaban J connectivity index is 2.51. The van der Waals surface area contributed by atoms with Gasteiger partial charge in [-0.3, -0.25) is 4.79 Å². The van der Waals surface area contributed by atoms with Crippen LogP contribution in [0.25, 0.3) is 0 Å². The third-order valence-electron chi connectivity index (χ3n) is 3.27. The summed E-state index contributed by atoms with van der Waals surface area (Å²) in [6.07, 6.45) is 3.30. The zero-order valence-electron chi connectivity index (χ0n) is 10.5. The molecule has 17 heavy (non-hydrogen) atoms. The minimum Gasteiger partial charge on any atom is -0.351 e. The number of nitrogens with two attached hydrogens (primary N) is 1. The molecule has 0 heterocycles. The quantitative estimate of drug-likeness (QED) is 0.740. The molecule has 1 fully saturated rings. The van der Waals surface area contributed by atoms with Crippen LogP contribution in [0.3, 0.4) is 0 Å². The van der Waals surface area contributed by atoms with Crippen LogP contribution >= 0.6 is 0 Å². The van der Waals surface area contributed by atoms with Gasteiger partial charge in [0, 0.05) is 11.8 Å². The van der Waals surface area contributed by atoms with Crippen molar-refractivity contribution in [2.75, 3.05) is 11.5 Å². The van der Waals surface area contributed by atoms with Gasteiger partial charge in [-0.25, -0.2) is 8.42 Å². The van der Waals surface area contributed by atoms with Crippen LogP contribution in [0.2, 0.25) is 0 Å². The molecule has 5 nitrogen and oxygen atoms in total. The fourth-order valence-electron chi connectivity index (χ4n) is 2.14. The van der Waals surface area contributed by atoms with Gasteiger partial charge in [-0.1, -0.05) is 19.8 Å². The average molecular weight is 262 g/mol. The highest BCUT2D eigenvalue weighted by atomic mass is 32.2. The summed E-state index contributed by atoms with van der Waals surface area (Å²) in [7, 11) is -3.06. The van der Waals surface area contributed by atoms with E-state index in [1.54, 1.807) is 13.8 Å². The molecule has 1 unspecified atom stereocenters. The Morgan fingerprint density at radius 1 is 1.41 bits per heavy atom. The zero-order chi connectivity index (χ0) is 13.1. The summed E-state index contributed by atoms with van der Waals surface area (Å²) in [5.74, 6) is -0.138. The number of sulfone groups is 1. The number of hydrogen-bond donors (Lipinski definition) is 2. The molecule has 1 aliphatic carbocycles. The molecular weight excluding hydrogens is 240 g/mol. The van der Waals surface area contributed by atoms with E-state index in [0.717, 1.165) is 12.8 Å². The second kappa shape index (κ2) is 5.35. The Bertz CT molecular complexity index is 372. The summed E-state index contributed by atoms with van der Waals surface area (Å²) in [6.45, 7) is 3.30. The standard InChI is InChI=1S/C11H22N2O3S/c1-3-17(15,16)8-9(2)13-10(14)11(12)6-4-5-7-11/h9H,3-8,12H2,1-2H3,(H,13,14). The van der Waals surface area contributed by atoms with Crippen LogP contribution in [0.5, 0.6) is 0 Å². The van der Waals surface area contributed by atoms with Crippen LogP contribution in [0, 0.1) is 0 Å².